The molecule has 2 atom stereocenters. The van der Waals surface area contributed by atoms with E-state index in [9.17, 15) is 4.79 Å². The molecule has 88 valence electrons. The highest BCUT2D eigenvalue weighted by Crippen LogP contribution is 2.18. The lowest BCUT2D eigenvalue weighted by atomic mass is 10.1. The van der Waals surface area contributed by atoms with E-state index in [1.165, 1.54) is 12.8 Å². The van der Waals surface area contributed by atoms with Crippen molar-refractivity contribution < 1.29 is 4.79 Å². The smallest absolute Gasteiger partial charge is 0.223 e. The number of amides is 1. The first kappa shape index (κ1) is 12.5. The molecule has 3 nitrogen and oxygen atoms in total. The van der Waals surface area contributed by atoms with Gasteiger partial charge < -0.3 is 10.6 Å². The third kappa shape index (κ3) is 3.82. The predicted octanol–water partition coefficient (Wildman–Crippen LogP) is 1.76. The molecule has 2 unspecified atom stereocenters. The molecule has 1 aliphatic heterocycles. The summed E-state index contributed by atoms with van der Waals surface area (Å²) in [7, 11) is 0. The highest BCUT2D eigenvalue weighted by Gasteiger charge is 2.22. The fourth-order valence-electron chi connectivity index (χ4n) is 2.14. The average Bonchev–Trinajstić information content (AvgIpc) is 2.42. The number of nitrogens with two attached hydrogens (primary N) is 1. The fourth-order valence-corrected chi connectivity index (χ4v) is 2.14. The van der Waals surface area contributed by atoms with Gasteiger partial charge in [-0.05, 0) is 32.2 Å². The molecule has 1 saturated heterocycles. The Hall–Kier alpha value is -0.570. The van der Waals surface area contributed by atoms with Crippen molar-refractivity contribution in [2.45, 2.75) is 52.0 Å². The zero-order valence-electron chi connectivity index (χ0n) is 10.0. The van der Waals surface area contributed by atoms with E-state index in [2.05, 4.69) is 11.8 Å². The molecule has 0 aromatic carbocycles. The maximum Gasteiger partial charge on any atom is 0.223 e. The number of rotatable bonds is 3. The highest BCUT2D eigenvalue weighted by atomic mass is 16.2. The summed E-state index contributed by atoms with van der Waals surface area (Å²) in [5.74, 6) is 0.607. The van der Waals surface area contributed by atoms with Crippen LogP contribution in [0.3, 0.4) is 0 Å². The fraction of sp³-hybridized carbons (Fsp3) is 0.917. The lowest BCUT2D eigenvalue weighted by Gasteiger charge is -2.28. The first-order valence-corrected chi connectivity index (χ1v) is 6.14. The van der Waals surface area contributed by atoms with Crippen molar-refractivity contribution in [2.24, 2.45) is 11.7 Å². The van der Waals surface area contributed by atoms with E-state index in [0.717, 1.165) is 19.4 Å². The van der Waals surface area contributed by atoms with Gasteiger partial charge in [0.1, 0.15) is 0 Å². The Morgan fingerprint density at radius 3 is 2.87 bits per heavy atom. The van der Waals surface area contributed by atoms with Crippen LogP contribution in [-0.2, 0) is 4.79 Å². The van der Waals surface area contributed by atoms with Gasteiger partial charge in [0, 0.05) is 19.0 Å². The van der Waals surface area contributed by atoms with Gasteiger partial charge in [-0.25, -0.2) is 0 Å². The van der Waals surface area contributed by atoms with E-state index >= 15 is 0 Å². The van der Waals surface area contributed by atoms with Gasteiger partial charge >= 0.3 is 0 Å². The Morgan fingerprint density at radius 2 is 2.20 bits per heavy atom. The van der Waals surface area contributed by atoms with E-state index < -0.39 is 0 Å². The first-order valence-electron chi connectivity index (χ1n) is 6.14. The number of carbonyl (C=O) groups excluding carboxylic acids is 1. The van der Waals surface area contributed by atoms with Gasteiger partial charge in [0.2, 0.25) is 5.91 Å². The molecule has 0 aromatic heterocycles. The second kappa shape index (κ2) is 6.11. The van der Waals surface area contributed by atoms with E-state index in [1.54, 1.807) is 0 Å². The van der Waals surface area contributed by atoms with Crippen molar-refractivity contribution in [3.8, 4) is 0 Å². The minimum Gasteiger partial charge on any atom is -0.340 e. The molecule has 1 rings (SSSR count). The van der Waals surface area contributed by atoms with Crippen LogP contribution in [0.2, 0.25) is 0 Å². The Kier molecular flexibility index (Phi) is 5.09. The summed E-state index contributed by atoms with van der Waals surface area (Å²) < 4.78 is 0. The molecule has 1 fully saturated rings. The summed E-state index contributed by atoms with van der Waals surface area (Å²) in [5.41, 5.74) is 5.54. The van der Waals surface area contributed by atoms with Crippen LogP contribution in [0, 0.1) is 5.92 Å². The minimum atomic E-state index is 0.294. The van der Waals surface area contributed by atoms with Crippen molar-refractivity contribution in [3.05, 3.63) is 0 Å². The Morgan fingerprint density at radius 1 is 1.47 bits per heavy atom. The third-order valence-corrected chi connectivity index (χ3v) is 3.30. The second-order valence-electron chi connectivity index (χ2n) is 4.83. The maximum absolute atomic E-state index is 12.0. The molecular formula is C12H24N2O. The maximum atomic E-state index is 12.0. The van der Waals surface area contributed by atoms with Gasteiger partial charge in [0.15, 0.2) is 0 Å². The largest absolute Gasteiger partial charge is 0.340 e. The topological polar surface area (TPSA) is 46.3 Å². The second-order valence-corrected chi connectivity index (χ2v) is 4.83. The Bertz CT molecular complexity index is 206. The molecule has 15 heavy (non-hydrogen) atoms. The van der Waals surface area contributed by atoms with Gasteiger partial charge in [-0.1, -0.05) is 19.8 Å². The summed E-state index contributed by atoms with van der Waals surface area (Å²) in [6, 6.07) is 0.421. The molecule has 3 heteroatoms. The van der Waals surface area contributed by atoms with Crippen molar-refractivity contribution in [2.75, 3.05) is 13.1 Å². The van der Waals surface area contributed by atoms with Gasteiger partial charge in [-0.3, -0.25) is 4.79 Å². The van der Waals surface area contributed by atoms with Crippen LogP contribution in [0.5, 0.6) is 0 Å². The summed E-state index contributed by atoms with van der Waals surface area (Å²) >= 11 is 0. The van der Waals surface area contributed by atoms with Crippen LogP contribution in [0.4, 0.5) is 0 Å². The number of likely N-dealkylation sites (tertiary alicyclic amines) is 1. The summed E-state index contributed by atoms with van der Waals surface area (Å²) in [6.45, 7) is 5.75. The summed E-state index contributed by atoms with van der Waals surface area (Å²) in [4.78, 5) is 14.1. The van der Waals surface area contributed by atoms with Gasteiger partial charge in [-0.15, -0.1) is 0 Å². The van der Waals surface area contributed by atoms with Crippen molar-refractivity contribution >= 4 is 5.91 Å². The van der Waals surface area contributed by atoms with Crippen LogP contribution < -0.4 is 5.73 Å². The van der Waals surface area contributed by atoms with E-state index in [0.29, 0.717) is 30.8 Å². The lowest BCUT2D eigenvalue weighted by molar-refractivity contribution is -0.133. The standard InChI is InChI=1S/C12H24N2O/c1-10(9-13)8-12(15)14-7-5-3-4-6-11(14)2/h10-11H,3-9,13H2,1-2H3. The van der Waals surface area contributed by atoms with Crippen LogP contribution in [-0.4, -0.2) is 29.9 Å². The molecule has 0 saturated carbocycles. The van der Waals surface area contributed by atoms with Crippen LogP contribution in [0.1, 0.15) is 46.0 Å². The quantitative estimate of drug-likeness (QED) is 0.775. The minimum absolute atomic E-state index is 0.294. The molecule has 1 amide bonds. The van der Waals surface area contributed by atoms with E-state index in [4.69, 9.17) is 5.73 Å². The molecule has 1 heterocycles. The molecule has 0 radical (unpaired) electrons. The molecular weight excluding hydrogens is 188 g/mol. The van der Waals surface area contributed by atoms with E-state index in [-0.39, 0.29) is 0 Å². The predicted molar refractivity (Wildman–Crippen MR) is 62.5 cm³/mol. The van der Waals surface area contributed by atoms with Gasteiger partial charge in [-0.2, -0.15) is 0 Å². The number of carbonyl (C=O) groups is 1. The van der Waals surface area contributed by atoms with Crippen molar-refractivity contribution in [3.63, 3.8) is 0 Å². The zero-order chi connectivity index (χ0) is 11.3. The van der Waals surface area contributed by atoms with Crippen molar-refractivity contribution in [1.29, 1.82) is 0 Å². The number of hydrogen-bond acceptors (Lipinski definition) is 2. The summed E-state index contributed by atoms with van der Waals surface area (Å²) in [6.07, 6.45) is 5.45. The SMILES string of the molecule is CC(CN)CC(=O)N1CCCCCC1C. The Labute approximate surface area is 93.0 Å². The average molecular weight is 212 g/mol. The highest BCUT2D eigenvalue weighted by molar-refractivity contribution is 5.76. The van der Waals surface area contributed by atoms with E-state index in [1.807, 2.05) is 6.92 Å². The molecule has 1 aliphatic rings. The molecule has 0 bridgehead atoms. The molecule has 0 aromatic rings. The van der Waals surface area contributed by atoms with Gasteiger partial charge in [0.25, 0.3) is 0 Å². The number of hydrogen-bond donors (Lipinski definition) is 1. The molecule has 0 aliphatic carbocycles. The zero-order valence-corrected chi connectivity index (χ0v) is 10.0. The monoisotopic (exact) mass is 212 g/mol. The third-order valence-electron chi connectivity index (χ3n) is 3.30. The molecule has 2 N–H and O–H groups in total. The van der Waals surface area contributed by atoms with Crippen molar-refractivity contribution in [1.82, 2.24) is 4.90 Å². The first-order chi connectivity index (χ1) is 7.15. The molecule has 0 spiro atoms. The summed E-state index contributed by atoms with van der Waals surface area (Å²) in [5, 5.41) is 0. The van der Waals surface area contributed by atoms with Crippen LogP contribution in [0.25, 0.3) is 0 Å². The van der Waals surface area contributed by atoms with Crippen LogP contribution in [0.15, 0.2) is 0 Å². The van der Waals surface area contributed by atoms with Gasteiger partial charge in [0.05, 0.1) is 0 Å². The van der Waals surface area contributed by atoms with Crippen LogP contribution >= 0.6 is 0 Å². The normalized spacial score (nSPS) is 24.7. The lowest BCUT2D eigenvalue weighted by Crippen LogP contribution is -2.39. The Balaban J connectivity index is 2.48. The number of nitrogens with zero attached hydrogens (tertiary/aromatic N) is 1.